The summed E-state index contributed by atoms with van der Waals surface area (Å²) in [5.74, 6) is -0.217. The summed E-state index contributed by atoms with van der Waals surface area (Å²) in [6.07, 6.45) is 0.658. The molecular formula is C24H27N2O6PS. The van der Waals surface area contributed by atoms with Crippen LogP contribution in [0.25, 0.3) is 11.1 Å². The fourth-order valence-corrected chi connectivity index (χ4v) is 4.60. The van der Waals surface area contributed by atoms with Crippen molar-refractivity contribution in [1.29, 1.82) is 0 Å². The summed E-state index contributed by atoms with van der Waals surface area (Å²) in [6, 6.07) is 24.8. The van der Waals surface area contributed by atoms with Gasteiger partial charge in [-0.25, -0.2) is 4.57 Å². The Morgan fingerprint density at radius 2 is 1.62 bits per heavy atom. The Bertz CT molecular complexity index is 1130. The van der Waals surface area contributed by atoms with Crippen LogP contribution < -0.4 is 11.1 Å². The zero-order valence-corrected chi connectivity index (χ0v) is 20.3. The van der Waals surface area contributed by atoms with E-state index in [0.29, 0.717) is 22.8 Å². The van der Waals surface area contributed by atoms with Crippen molar-refractivity contribution in [2.24, 2.45) is 5.73 Å². The van der Waals surface area contributed by atoms with E-state index in [0.717, 1.165) is 16.7 Å². The average Bonchev–Trinajstić information content (AvgIpc) is 2.82. The van der Waals surface area contributed by atoms with E-state index in [-0.39, 0.29) is 0 Å². The van der Waals surface area contributed by atoms with E-state index in [9.17, 15) is 13.9 Å². The van der Waals surface area contributed by atoms with E-state index in [4.69, 9.17) is 15.5 Å². The second kappa shape index (κ2) is 11.3. The van der Waals surface area contributed by atoms with Gasteiger partial charge in [0.1, 0.15) is 11.3 Å². The lowest BCUT2D eigenvalue weighted by Gasteiger charge is -2.23. The predicted molar refractivity (Wildman–Crippen MR) is 133 cm³/mol. The number of aryl methyl sites for hydroxylation is 1. The minimum absolute atomic E-state index is 0.412. The Balaban J connectivity index is 1.52. The smallest absolute Gasteiger partial charge is 0.469 e. The molecule has 0 spiro atoms. The highest BCUT2D eigenvalue weighted by Crippen LogP contribution is 2.36. The van der Waals surface area contributed by atoms with Crippen molar-refractivity contribution in [3.63, 3.8) is 0 Å². The normalized spacial score (nSPS) is 14.3. The van der Waals surface area contributed by atoms with Crippen LogP contribution in [0, 0.1) is 0 Å². The number of rotatable bonds is 10. The fraction of sp³-hybridized carbons (Fsp3) is 0.208. The number of anilines is 1. The molecule has 34 heavy (non-hydrogen) atoms. The van der Waals surface area contributed by atoms with Gasteiger partial charge in [0.05, 0.1) is 6.61 Å². The van der Waals surface area contributed by atoms with E-state index < -0.39 is 37.1 Å². The molecule has 1 amide bonds. The molecule has 8 nitrogen and oxygen atoms in total. The van der Waals surface area contributed by atoms with Crippen LogP contribution in [0.4, 0.5) is 5.69 Å². The summed E-state index contributed by atoms with van der Waals surface area (Å²) in [5.41, 5.74) is 7.93. The number of nitrogens with one attached hydrogen (secondary N) is 1. The van der Waals surface area contributed by atoms with Crippen LogP contribution in [0.1, 0.15) is 12.5 Å². The molecule has 5 N–H and O–H groups in total. The SMILES string of the molecule is CC(N)(COP(=O)(O)O)C(=O)Nc1ccc([S+]([O-])CCc2ccc(-c3ccccc3)cc2)cc1. The topological polar surface area (TPSA) is 145 Å². The molecule has 2 atom stereocenters. The van der Waals surface area contributed by atoms with Crippen LogP contribution in [0.3, 0.4) is 0 Å². The van der Waals surface area contributed by atoms with Crippen molar-refractivity contribution < 1.29 is 28.2 Å². The third-order valence-corrected chi connectivity index (χ3v) is 6.90. The van der Waals surface area contributed by atoms with Crippen molar-refractivity contribution in [1.82, 2.24) is 0 Å². The number of phosphoric acid groups is 1. The van der Waals surface area contributed by atoms with Gasteiger partial charge in [-0.05, 0) is 59.1 Å². The second-order valence-electron chi connectivity index (χ2n) is 8.02. The number of phosphoric ester groups is 1. The quantitative estimate of drug-likeness (QED) is 0.245. The Morgan fingerprint density at radius 3 is 2.21 bits per heavy atom. The van der Waals surface area contributed by atoms with Crippen LogP contribution in [-0.4, -0.2) is 38.1 Å². The molecule has 0 aromatic heterocycles. The molecule has 0 aliphatic rings. The predicted octanol–water partition coefficient (Wildman–Crippen LogP) is 3.47. The minimum atomic E-state index is -4.74. The number of hydrogen-bond donors (Lipinski definition) is 4. The maximum absolute atomic E-state index is 12.7. The van der Waals surface area contributed by atoms with Crippen LogP contribution in [-0.2, 0) is 31.5 Å². The van der Waals surface area contributed by atoms with Crippen LogP contribution in [0.2, 0.25) is 0 Å². The zero-order valence-electron chi connectivity index (χ0n) is 18.6. The molecule has 10 heteroatoms. The molecule has 0 saturated carbocycles. The summed E-state index contributed by atoms with van der Waals surface area (Å²) in [5, 5.41) is 2.57. The molecule has 180 valence electrons. The van der Waals surface area contributed by atoms with E-state index in [1.54, 1.807) is 24.3 Å². The number of carbonyl (C=O) groups excluding carboxylic acids is 1. The van der Waals surface area contributed by atoms with E-state index in [1.165, 1.54) is 6.92 Å². The molecule has 0 heterocycles. The number of nitrogens with two attached hydrogens (primary N) is 1. The number of benzene rings is 3. The fourth-order valence-electron chi connectivity index (χ4n) is 3.07. The Hall–Kier alpha value is -2.49. The lowest BCUT2D eigenvalue weighted by atomic mass is 10.0. The van der Waals surface area contributed by atoms with E-state index >= 15 is 0 Å². The van der Waals surface area contributed by atoms with Gasteiger partial charge < -0.3 is 25.4 Å². The first-order valence-corrected chi connectivity index (χ1v) is 13.3. The number of carbonyl (C=O) groups is 1. The van der Waals surface area contributed by atoms with Gasteiger partial charge in [0.2, 0.25) is 5.91 Å². The van der Waals surface area contributed by atoms with Gasteiger partial charge in [-0.1, -0.05) is 54.6 Å². The minimum Gasteiger partial charge on any atom is -0.611 e. The average molecular weight is 503 g/mol. The van der Waals surface area contributed by atoms with Gasteiger partial charge in [0.25, 0.3) is 0 Å². The highest BCUT2D eigenvalue weighted by Gasteiger charge is 2.32. The van der Waals surface area contributed by atoms with Gasteiger partial charge in [-0.15, -0.1) is 0 Å². The maximum Gasteiger partial charge on any atom is 0.469 e. The van der Waals surface area contributed by atoms with Crippen LogP contribution in [0.15, 0.2) is 83.8 Å². The molecule has 3 aromatic carbocycles. The summed E-state index contributed by atoms with van der Waals surface area (Å²) < 4.78 is 27.9. The molecule has 0 fully saturated rings. The van der Waals surface area contributed by atoms with Gasteiger partial charge in [0.15, 0.2) is 4.90 Å². The number of hydrogen-bond acceptors (Lipinski definition) is 5. The Morgan fingerprint density at radius 1 is 1.03 bits per heavy atom. The molecule has 2 unspecified atom stereocenters. The van der Waals surface area contributed by atoms with Crippen molar-refractivity contribution in [3.05, 3.63) is 84.4 Å². The van der Waals surface area contributed by atoms with Crippen LogP contribution in [0.5, 0.6) is 0 Å². The van der Waals surface area contributed by atoms with E-state index in [2.05, 4.69) is 34.1 Å². The third-order valence-electron chi connectivity index (χ3n) is 5.06. The standard InChI is InChI=1S/C24H27N2O6PS/c1-24(25,17-32-33(28,29)30)23(27)26-21-11-13-22(14-12-21)34(31)16-15-18-7-9-20(10-8-18)19-5-3-2-4-6-19/h2-14H,15-17,25H2,1H3,(H,26,27)(H2,28,29,30). The number of amides is 1. The molecule has 0 saturated heterocycles. The zero-order chi connectivity index (χ0) is 24.8. The largest absolute Gasteiger partial charge is 0.611 e. The molecule has 3 aromatic rings. The molecular weight excluding hydrogens is 475 g/mol. The molecule has 0 bridgehead atoms. The summed E-state index contributed by atoms with van der Waals surface area (Å²) >= 11 is -1.22. The Labute approximate surface area is 201 Å². The summed E-state index contributed by atoms with van der Waals surface area (Å²) in [6.45, 7) is 0.644. The van der Waals surface area contributed by atoms with Gasteiger partial charge in [-0.2, -0.15) is 0 Å². The van der Waals surface area contributed by atoms with E-state index in [1.807, 2.05) is 30.3 Å². The first kappa shape index (κ1) is 26.1. The first-order chi connectivity index (χ1) is 16.0. The molecule has 0 radical (unpaired) electrons. The van der Waals surface area contributed by atoms with Gasteiger partial charge in [0, 0.05) is 12.1 Å². The third kappa shape index (κ3) is 7.78. The molecule has 3 rings (SSSR count). The van der Waals surface area contributed by atoms with Crippen molar-refractivity contribution >= 4 is 30.6 Å². The maximum atomic E-state index is 12.7. The summed E-state index contributed by atoms with van der Waals surface area (Å²) in [7, 11) is -4.74. The first-order valence-electron chi connectivity index (χ1n) is 10.5. The van der Waals surface area contributed by atoms with Crippen molar-refractivity contribution in [2.45, 2.75) is 23.8 Å². The molecule has 0 aliphatic carbocycles. The highest BCUT2D eigenvalue weighted by molar-refractivity contribution is 7.91. The summed E-state index contributed by atoms with van der Waals surface area (Å²) in [4.78, 5) is 30.5. The van der Waals surface area contributed by atoms with Crippen molar-refractivity contribution in [3.8, 4) is 11.1 Å². The highest BCUT2D eigenvalue weighted by atomic mass is 32.2. The lowest BCUT2D eigenvalue weighted by Crippen LogP contribution is -2.52. The second-order valence-corrected chi connectivity index (χ2v) is 10.8. The lowest BCUT2D eigenvalue weighted by molar-refractivity contribution is -0.121. The monoisotopic (exact) mass is 502 g/mol. The van der Waals surface area contributed by atoms with Gasteiger partial charge in [-0.3, -0.25) is 9.32 Å². The Kier molecular flexibility index (Phi) is 8.67. The van der Waals surface area contributed by atoms with Crippen molar-refractivity contribution in [2.75, 3.05) is 17.7 Å². The van der Waals surface area contributed by atoms with Crippen LogP contribution >= 0.6 is 7.82 Å². The van der Waals surface area contributed by atoms with Gasteiger partial charge >= 0.3 is 7.82 Å². The molecule has 0 aliphatic heterocycles.